The summed E-state index contributed by atoms with van der Waals surface area (Å²) in [6, 6.07) is 10.2. The molecule has 0 bridgehead atoms. The molecule has 2 rings (SSSR count). The molecule has 2 aromatic rings. The summed E-state index contributed by atoms with van der Waals surface area (Å²) in [5.74, 6) is -3.48. The smallest absolute Gasteiger partial charge is 0.338 e. The highest BCUT2D eigenvalue weighted by molar-refractivity contribution is 5.95. The van der Waals surface area contributed by atoms with Crippen molar-refractivity contribution in [1.29, 1.82) is 5.26 Å². The van der Waals surface area contributed by atoms with Crippen LogP contribution >= 0.6 is 0 Å². The SMILES string of the molecule is N#Cc1ccc(NC(=O)COC(=O)c2cc(F)cc(F)c2)cc1. The Kier molecular flexibility index (Phi) is 5.00. The van der Waals surface area contributed by atoms with Crippen LogP contribution in [0, 0.1) is 23.0 Å². The molecule has 23 heavy (non-hydrogen) atoms. The third-order valence-corrected chi connectivity index (χ3v) is 2.73. The third-order valence-electron chi connectivity index (χ3n) is 2.73. The van der Waals surface area contributed by atoms with Crippen LogP contribution in [0.3, 0.4) is 0 Å². The van der Waals surface area contributed by atoms with Gasteiger partial charge in [-0.05, 0) is 36.4 Å². The molecule has 116 valence electrons. The fraction of sp³-hybridized carbons (Fsp3) is 0.0625. The van der Waals surface area contributed by atoms with Crippen molar-refractivity contribution in [1.82, 2.24) is 0 Å². The van der Waals surface area contributed by atoms with Gasteiger partial charge >= 0.3 is 5.97 Å². The number of nitrogens with zero attached hydrogens (tertiary/aromatic N) is 1. The van der Waals surface area contributed by atoms with E-state index >= 15 is 0 Å². The van der Waals surface area contributed by atoms with E-state index in [-0.39, 0.29) is 5.56 Å². The van der Waals surface area contributed by atoms with Gasteiger partial charge in [0.15, 0.2) is 6.61 Å². The number of carbonyl (C=O) groups is 2. The predicted octanol–water partition coefficient (Wildman–Crippen LogP) is 2.63. The average molecular weight is 316 g/mol. The average Bonchev–Trinajstić information content (AvgIpc) is 2.52. The van der Waals surface area contributed by atoms with Crippen LogP contribution in [0.25, 0.3) is 0 Å². The minimum Gasteiger partial charge on any atom is -0.452 e. The van der Waals surface area contributed by atoms with Crippen molar-refractivity contribution in [3.63, 3.8) is 0 Å². The summed E-state index contributed by atoms with van der Waals surface area (Å²) in [5, 5.41) is 11.1. The Morgan fingerprint density at radius 3 is 2.26 bits per heavy atom. The lowest BCUT2D eigenvalue weighted by molar-refractivity contribution is -0.119. The number of amides is 1. The summed E-state index contributed by atoms with van der Waals surface area (Å²) in [6.45, 7) is -0.614. The van der Waals surface area contributed by atoms with Gasteiger partial charge < -0.3 is 10.1 Å². The van der Waals surface area contributed by atoms with Gasteiger partial charge in [-0.1, -0.05) is 0 Å². The molecule has 0 saturated heterocycles. The number of nitrogens with one attached hydrogen (secondary N) is 1. The number of nitriles is 1. The van der Waals surface area contributed by atoms with Gasteiger partial charge in [-0.3, -0.25) is 4.79 Å². The molecular weight excluding hydrogens is 306 g/mol. The lowest BCUT2D eigenvalue weighted by Crippen LogP contribution is -2.21. The van der Waals surface area contributed by atoms with E-state index in [1.54, 1.807) is 0 Å². The van der Waals surface area contributed by atoms with Crippen LogP contribution in [0.4, 0.5) is 14.5 Å². The van der Waals surface area contributed by atoms with Gasteiger partial charge in [-0.25, -0.2) is 13.6 Å². The Labute approximate surface area is 130 Å². The van der Waals surface area contributed by atoms with Gasteiger partial charge in [0.25, 0.3) is 5.91 Å². The maximum Gasteiger partial charge on any atom is 0.338 e. The Hall–Kier alpha value is -3.27. The van der Waals surface area contributed by atoms with Crippen molar-refractivity contribution in [3.05, 3.63) is 65.2 Å². The van der Waals surface area contributed by atoms with Crippen LogP contribution in [0.2, 0.25) is 0 Å². The van der Waals surface area contributed by atoms with Crippen LogP contribution < -0.4 is 5.32 Å². The number of ether oxygens (including phenoxy) is 1. The fourth-order valence-electron chi connectivity index (χ4n) is 1.71. The van der Waals surface area contributed by atoms with E-state index in [2.05, 4.69) is 10.1 Å². The van der Waals surface area contributed by atoms with Crippen molar-refractivity contribution < 1.29 is 23.1 Å². The van der Waals surface area contributed by atoms with Crippen molar-refractivity contribution in [2.75, 3.05) is 11.9 Å². The van der Waals surface area contributed by atoms with E-state index in [1.807, 2.05) is 6.07 Å². The number of halogens is 2. The first kappa shape index (κ1) is 16.1. The Morgan fingerprint density at radius 2 is 1.70 bits per heavy atom. The highest BCUT2D eigenvalue weighted by Gasteiger charge is 2.13. The largest absolute Gasteiger partial charge is 0.452 e. The normalized spacial score (nSPS) is 9.78. The highest BCUT2D eigenvalue weighted by atomic mass is 19.1. The molecule has 0 aliphatic rings. The molecule has 0 spiro atoms. The number of hydrogen-bond acceptors (Lipinski definition) is 4. The zero-order valence-electron chi connectivity index (χ0n) is 11.7. The molecule has 2 aromatic carbocycles. The zero-order valence-corrected chi connectivity index (χ0v) is 11.7. The van der Waals surface area contributed by atoms with Gasteiger partial charge in [0.05, 0.1) is 17.2 Å². The van der Waals surface area contributed by atoms with Gasteiger partial charge in [0.1, 0.15) is 11.6 Å². The molecule has 0 heterocycles. The first-order chi connectivity index (χ1) is 11.0. The first-order valence-electron chi connectivity index (χ1n) is 6.41. The molecule has 0 fully saturated rings. The van der Waals surface area contributed by atoms with Crippen LogP contribution in [0.5, 0.6) is 0 Å². The molecule has 5 nitrogen and oxygen atoms in total. The molecule has 0 aliphatic carbocycles. The Morgan fingerprint density at radius 1 is 1.09 bits per heavy atom. The molecule has 0 aromatic heterocycles. The van der Waals surface area contributed by atoms with Crippen LogP contribution in [-0.2, 0) is 9.53 Å². The maximum absolute atomic E-state index is 13.0. The van der Waals surface area contributed by atoms with Crippen molar-refractivity contribution >= 4 is 17.6 Å². The second-order valence-corrected chi connectivity index (χ2v) is 4.47. The molecule has 0 aliphatic heterocycles. The zero-order chi connectivity index (χ0) is 16.8. The van der Waals surface area contributed by atoms with Crippen molar-refractivity contribution in [2.24, 2.45) is 0 Å². The Balaban J connectivity index is 1.90. The van der Waals surface area contributed by atoms with Gasteiger partial charge in [0, 0.05) is 11.8 Å². The quantitative estimate of drug-likeness (QED) is 0.879. The summed E-state index contributed by atoms with van der Waals surface area (Å²) >= 11 is 0. The molecule has 1 amide bonds. The minimum absolute atomic E-state index is 0.325. The number of rotatable bonds is 4. The Bertz CT molecular complexity index is 763. The number of hydrogen-bond donors (Lipinski definition) is 1. The fourth-order valence-corrected chi connectivity index (χ4v) is 1.71. The van der Waals surface area contributed by atoms with E-state index in [0.717, 1.165) is 12.1 Å². The predicted molar refractivity (Wildman–Crippen MR) is 76.4 cm³/mol. The summed E-state index contributed by atoms with van der Waals surface area (Å²) in [4.78, 5) is 23.3. The van der Waals surface area contributed by atoms with Crippen LogP contribution in [0.15, 0.2) is 42.5 Å². The van der Waals surface area contributed by atoms with E-state index in [0.29, 0.717) is 17.3 Å². The maximum atomic E-state index is 13.0. The van der Waals surface area contributed by atoms with Crippen LogP contribution in [-0.4, -0.2) is 18.5 Å². The van der Waals surface area contributed by atoms with Crippen molar-refractivity contribution in [2.45, 2.75) is 0 Å². The molecule has 1 N–H and O–H groups in total. The molecule has 0 saturated carbocycles. The molecule has 7 heteroatoms. The topological polar surface area (TPSA) is 79.2 Å². The van der Waals surface area contributed by atoms with Crippen molar-refractivity contribution in [3.8, 4) is 6.07 Å². The molecular formula is C16H10F2N2O3. The number of carbonyl (C=O) groups excluding carboxylic acids is 2. The number of benzene rings is 2. The lowest BCUT2D eigenvalue weighted by Gasteiger charge is -2.07. The van der Waals surface area contributed by atoms with E-state index < -0.39 is 30.1 Å². The van der Waals surface area contributed by atoms with E-state index in [9.17, 15) is 18.4 Å². The number of esters is 1. The first-order valence-corrected chi connectivity index (χ1v) is 6.41. The summed E-state index contributed by atoms with van der Waals surface area (Å²) in [6.07, 6.45) is 0. The summed E-state index contributed by atoms with van der Waals surface area (Å²) in [7, 11) is 0. The standard InChI is InChI=1S/C16H10F2N2O3/c17-12-5-11(6-13(18)7-12)16(22)23-9-15(21)20-14-3-1-10(8-19)2-4-14/h1-7H,9H2,(H,20,21). The lowest BCUT2D eigenvalue weighted by atomic mass is 10.2. The van der Waals surface area contributed by atoms with Gasteiger partial charge in [-0.15, -0.1) is 0 Å². The van der Waals surface area contributed by atoms with E-state index in [1.165, 1.54) is 24.3 Å². The van der Waals surface area contributed by atoms with Crippen LogP contribution in [0.1, 0.15) is 15.9 Å². The van der Waals surface area contributed by atoms with Gasteiger partial charge in [-0.2, -0.15) is 5.26 Å². The molecule has 0 unspecified atom stereocenters. The van der Waals surface area contributed by atoms with E-state index in [4.69, 9.17) is 5.26 Å². The minimum atomic E-state index is -1.02. The second kappa shape index (κ2) is 7.13. The monoisotopic (exact) mass is 316 g/mol. The van der Waals surface area contributed by atoms with Gasteiger partial charge in [0.2, 0.25) is 0 Å². The summed E-state index contributed by atoms with van der Waals surface area (Å²) < 4.78 is 30.7. The molecule has 0 radical (unpaired) electrons. The second-order valence-electron chi connectivity index (χ2n) is 4.47. The highest BCUT2D eigenvalue weighted by Crippen LogP contribution is 2.10. The third kappa shape index (κ3) is 4.61. The number of anilines is 1. The molecule has 0 atom stereocenters. The summed E-state index contributed by atoms with van der Waals surface area (Å²) in [5.41, 5.74) is 0.526.